The molecule has 27 heavy (non-hydrogen) atoms. The van der Waals surface area contributed by atoms with Crippen molar-refractivity contribution in [3.05, 3.63) is 108 Å². The van der Waals surface area contributed by atoms with E-state index in [0.717, 1.165) is 22.8 Å². The molecule has 0 amide bonds. The maximum Gasteiger partial charge on any atom is 0.137 e. The standard InChI is InChI=1S/C24H22N2O/c1-3-16-26-23(18-10-6-4-7-11-18)21-15-14-20(27-2)17-22(21)25-24(26)19-12-8-5-9-13-19/h3-15,17,23H,1,16H2,2H3. The molecule has 3 aromatic rings. The van der Waals surface area contributed by atoms with Gasteiger partial charge in [0.25, 0.3) is 0 Å². The van der Waals surface area contributed by atoms with Crippen LogP contribution in [-0.2, 0) is 0 Å². The van der Waals surface area contributed by atoms with Crippen molar-refractivity contribution in [1.29, 1.82) is 0 Å². The van der Waals surface area contributed by atoms with Crippen molar-refractivity contribution in [3.8, 4) is 5.75 Å². The largest absolute Gasteiger partial charge is 0.497 e. The highest BCUT2D eigenvalue weighted by molar-refractivity contribution is 6.02. The first kappa shape index (κ1) is 17.1. The van der Waals surface area contributed by atoms with Gasteiger partial charge in [0.15, 0.2) is 0 Å². The molecule has 0 spiro atoms. The molecule has 0 saturated carbocycles. The average Bonchev–Trinajstić information content (AvgIpc) is 2.74. The monoisotopic (exact) mass is 354 g/mol. The van der Waals surface area contributed by atoms with Crippen LogP contribution >= 0.6 is 0 Å². The maximum absolute atomic E-state index is 5.44. The zero-order valence-corrected chi connectivity index (χ0v) is 15.4. The van der Waals surface area contributed by atoms with Crippen LogP contribution in [0.25, 0.3) is 0 Å². The number of aliphatic imine (C=N–C) groups is 1. The smallest absolute Gasteiger partial charge is 0.137 e. The van der Waals surface area contributed by atoms with Gasteiger partial charge in [0, 0.05) is 23.7 Å². The summed E-state index contributed by atoms with van der Waals surface area (Å²) < 4.78 is 5.44. The van der Waals surface area contributed by atoms with E-state index >= 15 is 0 Å². The highest BCUT2D eigenvalue weighted by Gasteiger charge is 2.31. The molecule has 1 aliphatic heterocycles. The second-order valence-electron chi connectivity index (χ2n) is 6.48. The topological polar surface area (TPSA) is 24.8 Å². The van der Waals surface area contributed by atoms with Gasteiger partial charge in [-0.15, -0.1) is 6.58 Å². The SMILES string of the molecule is C=CCN1C(c2ccccc2)=Nc2cc(OC)ccc2C1c1ccccc1. The fourth-order valence-electron chi connectivity index (χ4n) is 3.59. The quantitative estimate of drug-likeness (QED) is 0.576. The first-order valence-electron chi connectivity index (χ1n) is 9.06. The summed E-state index contributed by atoms with van der Waals surface area (Å²) in [5.74, 6) is 1.76. The molecule has 1 aliphatic rings. The maximum atomic E-state index is 5.44. The minimum atomic E-state index is 0.0674. The lowest BCUT2D eigenvalue weighted by molar-refractivity contribution is 0.384. The Bertz CT molecular complexity index is 964. The van der Waals surface area contributed by atoms with E-state index in [0.29, 0.717) is 6.54 Å². The summed E-state index contributed by atoms with van der Waals surface area (Å²) in [7, 11) is 1.69. The molecule has 0 N–H and O–H groups in total. The molecule has 3 aromatic carbocycles. The Balaban J connectivity index is 1.95. The number of hydrogen-bond acceptors (Lipinski definition) is 3. The highest BCUT2D eigenvalue weighted by atomic mass is 16.5. The predicted octanol–water partition coefficient (Wildman–Crippen LogP) is 5.36. The molecule has 1 heterocycles. The Hall–Kier alpha value is -3.33. The second-order valence-corrected chi connectivity index (χ2v) is 6.48. The number of ether oxygens (including phenoxy) is 1. The lowest BCUT2D eigenvalue weighted by Gasteiger charge is -2.38. The molecule has 0 aromatic heterocycles. The molecule has 1 atom stereocenters. The summed E-state index contributed by atoms with van der Waals surface area (Å²) in [6.07, 6.45) is 1.93. The van der Waals surface area contributed by atoms with Crippen LogP contribution in [0.4, 0.5) is 5.69 Å². The molecule has 0 saturated heterocycles. The molecule has 4 rings (SSSR count). The Morgan fingerprint density at radius 2 is 1.70 bits per heavy atom. The van der Waals surface area contributed by atoms with Crippen LogP contribution < -0.4 is 4.74 Å². The summed E-state index contributed by atoms with van der Waals surface area (Å²) in [5.41, 5.74) is 4.44. The number of hydrogen-bond donors (Lipinski definition) is 0. The van der Waals surface area contributed by atoms with Crippen molar-refractivity contribution in [3.63, 3.8) is 0 Å². The van der Waals surface area contributed by atoms with E-state index in [4.69, 9.17) is 9.73 Å². The molecular weight excluding hydrogens is 332 g/mol. The lowest BCUT2D eigenvalue weighted by Crippen LogP contribution is -2.38. The van der Waals surface area contributed by atoms with Crippen LogP contribution in [0.2, 0.25) is 0 Å². The third-order valence-corrected chi connectivity index (χ3v) is 4.82. The molecule has 0 fully saturated rings. The van der Waals surface area contributed by atoms with Gasteiger partial charge in [-0.25, -0.2) is 4.99 Å². The van der Waals surface area contributed by atoms with Crippen molar-refractivity contribution in [2.24, 2.45) is 4.99 Å². The van der Waals surface area contributed by atoms with Crippen LogP contribution in [0, 0.1) is 0 Å². The van der Waals surface area contributed by atoms with Crippen LogP contribution in [0.3, 0.4) is 0 Å². The minimum Gasteiger partial charge on any atom is -0.497 e. The lowest BCUT2D eigenvalue weighted by atomic mass is 9.92. The average molecular weight is 354 g/mol. The Kier molecular flexibility index (Phi) is 4.75. The third-order valence-electron chi connectivity index (χ3n) is 4.82. The number of benzene rings is 3. The third kappa shape index (κ3) is 3.24. The van der Waals surface area contributed by atoms with Gasteiger partial charge in [-0.05, 0) is 11.6 Å². The van der Waals surface area contributed by atoms with Crippen LogP contribution in [0.1, 0.15) is 22.7 Å². The van der Waals surface area contributed by atoms with E-state index in [1.165, 1.54) is 11.1 Å². The van der Waals surface area contributed by atoms with Crippen LogP contribution in [0.15, 0.2) is 96.5 Å². The molecule has 3 nitrogen and oxygen atoms in total. The summed E-state index contributed by atoms with van der Waals surface area (Å²) in [5, 5.41) is 0. The Labute approximate surface area is 160 Å². The number of methoxy groups -OCH3 is 1. The molecule has 0 aliphatic carbocycles. The minimum absolute atomic E-state index is 0.0674. The van der Waals surface area contributed by atoms with Crippen LogP contribution in [-0.4, -0.2) is 24.4 Å². The van der Waals surface area contributed by atoms with Gasteiger partial charge in [-0.3, -0.25) is 0 Å². The van der Waals surface area contributed by atoms with Gasteiger partial charge in [-0.2, -0.15) is 0 Å². The molecular formula is C24H22N2O. The molecule has 3 heteroatoms. The van der Waals surface area contributed by atoms with E-state index in [1.54, 1.807) is 7.11 Å². The first-order chi connectivity index (χ1) is 13.3. The number of amidine groups is 1. The van der Waals surface area contributed by atoms with Gasteiger partial charge >= 0.3 is 0 Å². The van der Waals surface area contributed by atoms with Crippen molar-refractivity contribution in [2.75, 3.05) is 13.7 Å². The number of rotatable bonds is 5. The molecule has 0 radical (unpaired) electrons. The van der Waals surface area contributed by atoms with Gasteiger partial charge in [0.2, 0.25) is 0 Å². The molecule has 134 valence electrons. The first-order valence-corrected chi connectivity index (χ1v) is 9.06. The van der Waals surface area contributed by atoms with Crippen LogP contribution in [0.5, 0.6) is 5.75 Å². The summed E-state index contributed by atoms with van der Waals surface area (Å²) in [6.45, 7) is 4.68. The van der Waals surface area contributed by atoms with E-state index in [2.05, 4.69) is 53.9 Å². The van der Waals surface area contributed by atoms with Crippen molar-refractivity contribution in [2.45, 2.75) is 6.04 Å². The fourth-order valence-corrected chi connectivity index (χ4v) is 3.59. The van der Waals surface area contributed by atoms with Crippen molar-refractivity contribution in [1.82, 2.24) is 4.90 Å². The molecule has 1 unspecified atom stereocenters. The van der Waals surface area contributed by atoms with Crippen molar-refractivity contribution < 1.29 is 4.74 Å². The van der Waals surface area contributed by atoms with Gasteiger partial charge < -0.3 is 9.64 Å². The van der Waals surface area contributed by atoms with E-state index in [9.17, 15) is 0 Å². The predicted molar refractivity (Wildman–Crippen MR) is 111 cm³/mol. The normalized spacial score (nSPS) is 15.7. The number of fused-ring (bicyclic) bond motifs is 1. The highest BCUT2D eigenvalue weighted by Crippen LogP contribution is 2.41. The summed E-state index contributed by atoms with van der Waals surface area (Å²) in [4.78, 5) is 7.33. The summed E-state index contributed by atoms with van der Waals surface area (Å²) >= 11 is 0. The van der Waals surface area contributed by atoms with E-state index < -0.39 is 0 Å². The summed E-state index contributed by atoms with van der Waals surface area (Å²) in [6, 6.07) is 27.1. The Morgan fingerprint density at radius 3 is 2.37 bits per heavy atom. The Morgan fingerprint density at radius 1 is 1.00 bits per heavy atom. The zero-order valence-electron chi connectivity index (χ0n) is 15.4. The second kappa shape index (κ2) is 7.50. The van der Waals surface area contributed by atoms with Gasteiger partial charge in [0.05, 0.1) is 18.8 Å². The van der Waals surface area contributed by atoms with Gasteiger partial charge in [0.1, 0.15) is 11.6 Å². The molecule has 0 bridgehead atoms. The van der Waals surface area contributed by atoms with Crippen molar-refractivity contribution >= 4 is 11.5 Å². The van der Waals surface area contributed by atoms with Gasteiger partial charge in [-0.1, -0.05) is 72.8 Å². The van der Waals surface area contributed by atoms with E-state index in [-0.39, 0.29) is 6.04 Å². The fraction of sp³-hybridized carbons (Fsp3) is 0.125. The number of nitrogens with zero attached hydrogens (tertiary/aromatic N) is 2. The van der Waals surface area contributed by atoms with E-state index in [1.807, 2.05) is 42.5 Å². The zero-order chi connectivity index (χ0) is 18.6.